The summed E-state index contributed by atoms with van der Waals surface area (Å²) >= 11 is 1.54. The Hall–Kier alpha value is -2.23. The van der Waals surface area contributed by atoms with Crippen LogP contribution < -0.4 is 19.5 Å². The number of hydrogen-bond acceptors (Lipinski definition) is 6. The second kappa shape index (κ2) is 8.87. The highest BCUT2D eigenvalue weighted by Gasteiger charge is 2.32. The van der Waals surface area contributed by atoms with Crippen molar-refractivity contribution in [2.24, 2.45) is 0 Å². The first-order chi connectivity index (χ1) is 14.1. The van der Waals surface area contributed by atoms with E-state index in [-0.39, 0.29) is 4.90 Å². The molecule has 2 aromatic carbocycles. The molecule has 9 heteroatoms. The van der Waals surface area contributed by atoms with Gasteiger partial charge in [0.1, 0.15) is 6.04 Å². The summed E-state index contributed by atoms with van der Waals surface area (Å²) < 4.78 is 39.4. The second-order valence-electron chi connectivity index (χ2n) is 7.52. The lowest BCUT2D eigenvalue weighted by molar-refractivity contribution is -0.117. The Morgan fingerprint density at radius 1 is 1.10 bits per heavy atom. The lowest BCUT2D eigenvalue weighted by Crippen LogP contribution is -2.44. The first-order valence-corrected chi connectivity index (χ1v) is 12.4. The molecule has 0 aromatic heterocycles. The molecular weight excluding hydrogens is 424 g/mol. The summed E-state index contributed by atoms with van der Waals surface area (Å²) in [5.41, 5.74) is 1.46. The van der Waals surface area contributed by atoms with E-state index in [0.717, 1.165) is 5.56 Å². The molecule has 1 amide bonds. The highest BCUT2D eigenvalue weighted by molar-refractivity contribution is 7.98. The van der Waals surface area contributed by atoms with Crippen LogP contribution in [0.25, 0.3) is 0 Å². The van der Waals surface area contributed by atoms with E-state index in [1.165, 1.54) is 12.1 Å². The number of amides is 1. The van der Waals surface area contributed by atoms with Crippen LogP contribution in [0.4, 0.5) is 5.69 Å². The molecule has 0 saturated heterocycles. The van der Waals surface area contributed by atoms with Crippen LogP contribution >= 0.6 is 11.8 Å². The number of nitrogens with one attached hydrogen (secondary N) is 2. The Kier molecular flexibility index (Phi) is 6.64. The number of aryl methyl sites for hydroxylation is 1. The number of hydrogen-bond donors (Lipinski definition) is 2. The number of thioether (sulfide) groups is 1. The molecular formula is C21H26N2O5S2. The van der Waals surface area contributed by atoms with Crippen molar-refractivity contribution >= 4 is 33.4 Å². The number of ether oxygens (including phenoxy) is 2. The van der Waals surface area contributed by atoms with E-state index in [1.54, 1.807) is 55.9 Å². The van der Waals surface area contributed by atoms with Crippen molar-refractivity contribution in [1.29, 1.82) is 0 Å². The van der Waals surface area contributed by atoms with Gasteiger partial charge in [-0.15, -0.1) is 0 Å². The Morgan fingerprint density at radius 2 is 1.77 bits per heavy atom. The Balaban J connectivity index is 1.75. The smallest absolute Gasteiger partial charge is 0.246 e. The molecule has 7 nitrogen and oxygen atoms in total. The number of anilines is 1. The molecule has 1 aliphatic heterocycles. The lowest BCUT2D eigenvalue weighted by atomic mass is 10.2. The largest absolute Gasteiger partial charge is 0.449 e. The lowest BCUT2D eigenvalue weighted by Gasteiger charge is -2.18. The summed E-state index contributed by atoms with van der Waals surface area (Å²) in [5.74, 6) is 0.549. The Labute approximate surface area is 181 Å². The first-order valence-electron chi connectivity index (χ1n) is 9.50. The van der Waals surface area contributed by atoms with Gasteiger partial charge in [0.2, 0.25) is 21.7 Å². The SMILES string of the molecule is CSCCC(NS(=O)(=O)c1ccc(C)cc1)C(=O)Nc1ccc2c(c1)OC(C)(C)O2. The highest BCUT2D eigenvalue weighted by atomic mass is 32.2. The van der Waals surface area contributed by atoms with Crippen LogP contribution in [0, 0.1) is 6.92 Å². The van der Waals surface area contributed by atoms with E-state index >= 15 is 0 Å². The van der Waals surface area contributed by atoms with Crippen LogP contribution in [0.2, 0.25) is 0 Å². The number of sulfonamides is 1. The zero-order valence-corrected chi connectivity index (χ0v) is 19.0. The fraction of sp³-hybridized carbons (Fsp3) is 0.381. The molecule has 0 aliphatic carbocycles. The topological polar surface area (TPSA) is 93.7 Å². The predicted octanol–water partition coefficient (Wildman–Crippen LogP) is 3.54. The van der Waals surface area contributed by atoms with Crippen LogP contribution in [0.15, 0.2) is 47.4 Å². The average Bonchev–Trinajstić information content (AvgIpc) is 2.98. The van der Waals surface area contributed by atoms with E-state index in [2.05, 4.69) is 10.0 Å². The molecule has 162 valence electrons. The van der Waals surface area contributed by atoms with E-state index in [4.69, 9.17) is 9.47 Å². The van der Waals surface area contributed by atoms with E-state index < -0.39 is 27.8 Å². The fourth-order valence-corrected chi connectivity index (χ4v) is 4.68. The predicted molar refractivity (Wildman–Crippen MR) is 119 cm³/mol. The van der Waals surface area contributed by atoms with E-state index in [0.29, 0.717) is 29.4 Å². The fourth-order valence-electron chi connectivity index (χ4n) is 2.98. The zero-order valence-electron chi connectivity index (χ0n) is 17.4. The summed E-state index contributed by atoms with van der Waals surface area (Å²) in [5, 5.41) is 2.78. The first kappa shape index (κ1) is 22.5. The van der Waals surface area contributed by atoms with Crippen LogP contribution in [0.1, 0.15) is 25.8 Å². The van der Waals surface area contributed by atoms with Crippen LogP contribution in [-0.4, -0.2) is 38.2 Å². The van der Waals surface area contributed by atoms with Crippen molar-refractivity contribution in [3.63, 3.8) is 0 Å². The van der Waals surface area contributed by atoms with Crippen molar-refractivity contribution < 1.29 is 22.7 Å². The van der Waals surface area contributed by atoms with Crippen molar-refractivity contribution in [2.75, 3.05) is 17.3 Å². The quantitative estimate of drug-likeness (QED) is 0.639. The van der Waals surface area contributed by atoms with Crippen LogP contribution in [0.3, 0.4) is 0 Å². The summed E-state index contributed by atoms with van der Waals surface area (Å²) in [4.78, 5) is 13.0. The van der Waals surface area contributed by atoms with Crippen molar-refractivity contribution in [1.82, 2.24) is 4.72 Å². The summed E-state index contributed by atoms with van der Waals surface area (Å²) in [6.07, 6.45) is 2.26. The third kappa shape index (κ3) is 5.47. The van der Waals surface area contributed by atoms with Gasteiger partial charge in [-0.1, -0.05) is 17.7 Å². The maximum Gasteiger partial charge on any atom is 0.246 e. The van der Waals surface area contributed by atoms with Crippen molar-refractivity contribution in [3.05, 3.63) is 48.0 Å². The maximum atomic E-state index is 12.9. The minimum absolute atomic E-state index is 0.125. The molecule has 1 atom stereocenters. The van der Waals surface area contributed by atoms with Gasteiger partial charge in [-0.25, -0.2) is 8.42 Å². The molecule has 0 radical (unpaired) electrons. The molecule has 30 heavy (non-hydrogen) atoms. The maximum absolute atomic E-state index is 12.9. The molecule has 0 saturated carbocycles. The van der Waals surface area contributed by atoms with E-state index in [9.17, 15) is 13.2 Å². The summed E-state index contributed by atoms with van der Waals surface area (Å²) in [6, 6.07) is 10.7. The third-order valence-electron chi connectivity index (χ3n) is 4.48. The number of carbonyl (C=O) groups excluding carboxylic acids is 1. The third-order valence-corrected chi connectivity index (χ3v) is 6.61. The standard InChI is InChI=1S/C21H26N2O5S2/c1-14-5-8-16(9-6-14)30(25,26)23-17(11-12-29-4)20(24)22-15-7-10-18-19(13-15)28-21(2,3)27-18/h5-10,13,17,23H,11-12H2,1-4H3,(H,22,24). The number of benzene rings is 2. The van der Waals surface area contributed by atoms with Gasteiger partial charge >= 0.3 is 0 Å². The van der Waals surface area contributed by atoms with Crippen molar-refractivity contribution in [2.45, 2.75) is 43.9 Å². The number of rotatable bonds is 8. The van der Waals surface area contributed by atoms with Gasteiger partial charge in [0, 0.05) is 25.6 Å². The second-order valence-corrected chi connectivity index (χ2v) is 10.2. The number of fused-ring (bicyclic) bond motifs is 1. The summed E-state index contributed by atoms with van der Waals surface area (Å²) in [7, 11) is -3.83. The minimum atomic E-state index is -3.83. The normalized spacial score (nSPS) is 15.6. The highest BCUT2D eigenvalue weighted by Crippen LogP contribution is 2.40. The zero-order chi connectivity index (χ0) is 21.9. The van der Waals surface area contributed by atoms with Gasteiger partial charge in [0.05, 0.1) is 4.90 Å². The minimum Gasteiger partial charge on any atom is -0.449 e. The molecule has 3 rings (SSSR count). The molecule has 2 N–H and O–H groups in total. The molecule has 1 aliphatic rings. The molecule has 0 spiro atoms. The van der Waals surface area contributed by atoms with Gasteiger partial charge in [-0.2, -0.15) is 16.5 Å². The van der Waals surface area contributed by atoms with E-state index in [1.807, 2.05) is 13.2 Å². The number of carbonyl (C=O) groups is 1. The van der Waals surface area contributed by atoms with Crippen molar-refractivity contribution in [3.8, 4) is 11.5 Å². The van der Waals surface area contributed by atoms with Gasteiger partial charge in [0.25, 0.3) is 0 Å². The molecule has 1 unspecified atom stereocenters. The summed E-state index contributed by atoms with van der Waals surface area (Å²) in [6.45, 7) is 5.47. The monoisotopic (exact) mass is 450 g/mol. The molecule has 0 fully saturated rings. The molecule has 2 aromatic rings. The van der Waals surface area contributed by atoms with Crippen LogP contribution in [-0.2, 0) is 14.8 Å². The Bertz CT molecular complexity index is 1020. The average molecular weight is 451 g/mol. The Morgan fingerprint density at radius 3 is 2.43 bits per heavy atom. The van der Waals surface area contributed by atoms with Gasteiger partial charge in [-0.05, 0) is 49.6 Å². The molecule has 1 heterocycles. The van der Waals surface area contributed by atoms with Gasteiger partial charge in [0.15, 0.2) is 11.5 Å². The van der Waals surface area contributed by atoms with Gasteiger partial charge < -0.3 is 14.8 Å². The molecule has 0 bridgehead atoms. The van der Waals surface area contributed by atoms with Gasteiger partial charge in [-0.3, -0.25) is 4.79 Å². The van der Waals surface area contributed by atoms with Crippen LogP contribution in [0.5, 0.6) is 11.5 Å².